The van der Waals surface area contributed by atoms with Crippen molar-refractivity contribution in [3.8, 4) is 5.75 Å². The lowest BCUT2D eigenvalue weighted by Crippen LogP contribution is -2.38. The van der Waals surface area contributed by atoms with E-state index in [0.29, 0.717) is 13.0 Å². The first-order valence-corrected chi connectivity index (χ1v) is 7.21. The molecule has 20 heavy (non-hydrogen) atoms. The fraction of sp³-hybridized carbons (Fsp3) is 0.500. The monoisotopic (exact) mass is 343 g/mol. The van der Waals surface area contributed by atoms with Crippen LogP contribution in [0.1, 0.15) is 12.5 Å². The number of hydrogen-bond donors (Lipinski definition) is 2. The van der Waals surface area contributed by atoms with Crippen molar-refractivity contribution >= 4 is 21.9 Å². The number of carbonyl (C=O) groups is 1. The van der Waals surface area contributed by atoms with Gasteiger partial charge in [0.25, 0.3) is 0 Å². The van der Waals surface area contributed by atoms with Crippen LogP contribution >= 0.6 is 15.9 Å². The van der Waals surface area contributed by atoms with Gasteiger partial charge < -0.3 is 19.9 Å². The number of β-amino-alcohol motifs (C(OH)–C–C–N with tert-alkyl or cyclic N) is 1. The van der Waals surface area contributed by atoms with Crippen LogP contribution in [0.4, 0.5) is 0 Å². The molecule has 3 atom stereocenters. The van der Waals surface area contributed by atoms with Gasteiger partial charge in [0, 0.05) is 13.5 Å². The highest BCUT2D eigenvalue weighted by molar-refractivity contribution is 9.10. The van der Waals surface area contributed by atoms with Gasteiger partial charge in [-0.3, -0.25) is 4.79 Å². The molecule has 0 spiro atoms. The molecule has 1 aliphatic rings. The van der Waals surface area contributed by atoms with Gasteiger partial charge in [0.1, 0.15) is 18.0 Å². The molecule has 0 aromatic heterocycles. The number of methoxy groups -OCH3 is 1. The second-order valence-corrected chi connectivity index (χ2v) is 5.68. The number of benzene rings is 1. The van der Waals surface area contributed by atoms with Gasteiger partial charge in [-0.15, -0.1) is 0 Å². The molecule has 2 rings (SSSR count). The first-order chi connectivity index (χ1) is 9.51. The molecule has 2 N–H and O–H groups in total. The van der Waals surface area contributed by atoms with Crippen LogP contribution in [0, 0.1) is 0 Å². The zero-order chi connectivity index (χ0) is 14.7. The molecular weight excluding hydrogens is 326 g/mol. The van der Waals surface area contributed by atoms with Crippen LogP contribution in [-0.2, 0) is 16.0 Å². The second kappa shape index (κ2) is 6.56. The summed E-state index contributed by atoms with van der Waals surface area (Å²) in [5.41, 5.74) is 1.07. The van der Waals surface area contributed by atoms with E-state index in [-0.39, 0.29) is 12.0 Å². The van der Waals surface area contributed by atoms with Crippen molar-refractivity contribution in [2.24, 2.45) is 0 Å². The molecule has 1 heterocycles. The zero-order valence-corrected chi connectivity index (χ0v) is 13.0. The van der Waals surface area contributed by atoms with Crippen molar-refractivity contribution in [1.29, 1.82) is 0 Å². The molecule has 1 fully saturated rings. The van der Waals surface area contributed by atoms with Gasteiger partial charge in [0.2, 0.25) is 0 Å². The predicted octanol–water partition coefficient (Wildman–Crippen LogP) is 1.26. The number of ether oxygens (including phenoxy) is 2. The number of hydrogen-bond acceptors (Lipinski definition) is 5. The first-order valence-electron chi connectivity index (χ1n) is 6.42. The molecule has 0 bridgehead atoms. The first kappa shape index (κ1) is 15.3. The number of aliphatic hydroxyl groups excluding tert-OH is 1. The van der Waals surface area contributed by atoms with E-state index < -0.39 is 12.2 Å². The van der Waals surface area contributed by atoms with Crippen molar-refractivity contribution in [3.05, 3.63) is 28.2 Å². The summed E-state index contributed by atoms with van der Waals surface area (Å²) in [7, 11) is 1.62. The lowest BCUT2D eigenvalue weighted by Gasteiger charge is -2.21. The third kappa shape index (κ3) is 3.50. The molecule has 1 aromatic carbocycles. The summed E-state index contributed by atoms with van der Waals surface area (Å²) in [6.07, 6.45) is -0.503. The average Bonchev–Trinajstić information content (AvgIpc) is 2.71. The normalized spacial score (nSPS) is 25.5. The number of rotatable bonds is 4. The Morgan fingerprint density at radius 1 is 1.55 bits per heavy atom. The van der Waals surface area contributed by atoms with Crippen molar-refractivity contribution in [1.82, 2.24) is 5.32 Å². The van der Waals surface area contributed by atoms with Crippen molar-refractivity contribution in [3.63, 3.8) is 0 Å². The maximum absolute atomic E-state index is 11.1. The van der Waals surface area contributed by atoms with E-state index in [4.69, 9.17) is 9.47 Å². The maximum atomic E-state index is 11.1. The summed E-state index contributed by atoms with van der Waals surface area (Å²) in [6, 6.07) is 5.72. The third-order valence-electron chi connectivity index (χ3n) is 3.34. The van der Waals surface area contributed by atoms with Gasteiger partial charge in [0.05, 0.1) is 17.6 Å². The Morgan fingerprint density at radius 3 is 2.90 bits per heavy atom. The van der Waals surface area contributed by atoms with Crippen molar-refractivity contribution in [2.45, 2.75) is 31.6 Å². The van der Waals surface area contributed by atoms with E-state index in [2.05, 4.69) is 21.2 Å². The van der Waals surface area contributed by atoms with Crippen LogP contribution in [0.25, 0.3) is 0 Å². The third-order valence-corrected chi connectivity index (χ3v) is 3.96. The SMILES string of the molecule is COc1ccc(C[C@H]2NC[C@H](O)[C@H]2OC(C)=O)cc1Br. The summed E-state index contributed by atoms with van der Waals surface area (Å²) >= 11 is 3.44. The van der Waals surface area contributed by atoms with Gasteiger partial charge in [-0.05, 0) is 40.0 Å². The summed E-state index contributed by atoms with van der Waals surface area (Å²) in [6.45, 7) is 1.78. The Bertz CT molecular complexity index is 494. The van der Waals surface area contributed by atoms with E-state index in [0.717, 1.165) is 15.8 Å². The van der Waals surface area contributed by atoms with Gasteiger partial charge >= 0.3 is 5.97 Å². The van der Waals surface area contributed by atoms with Crippen LogP contribution < -0.4 is 10.1 Å². The molecule has 5 nitrogen and oxygen atoms in total. The van der Waals surface area contributed by atoms with Crippen LogP contribution in [0.15, 0.2) is 22.7 Å². The lowest BCUT2D eigenvalue weighted by atomic mass is 10.0. The van der Waals surface area contributed by atoms with Gasteiger partial charge in [-0.1, -0.05) is 6.07 Å². The maximum Gasteiger partial charge on any atom is 0.303 e. The molecule has 6 heteroatoms. The Hall–Kier alpha value is -1.11. The van der Waals surface area contributed by atoms with E-state index in [9.17, 15) is 9.90 Å². The molecule has 1 saturated heterocycles. The topological polar surface area (TPSA) is 67.8 Å². The highest BCUT2D eigenvalue weighted by Gasteiger charge is 2.37. The van der Waals surface area contributed by atoms with Crippen molar-refractivity contribution in [2.75, 3.05) is 13.7 Å². The average molecular weight is 344 g/mol. The quantitative estimate of drug-likeness (QED) is 0.805. The van der Waals surface area contributed by atoms with E-state index in [1.807, 2.05) is 18.2 Å². The zero-order valence-electron chi connectivity index (χ0n) is 11.4. The molecule has 0 saturated carbocycles. The van der Waals surface area contributed by atoms with E-state index in [1.54, 1.807) is 7.11 Å². The van der Waals surface area contributed by atoms with Gasteiger partial charge in [-0.2, -0.15) is 0 Å². The Labute approximate surface area is 126 Å². The summed E-state index contributed by atoms with van der Waals surface area (Å²) < 4.78 is 11.3. The van der Waals surface area contributed by atoms with Crippen LogP contribution in [0.2, 0.25) is 0 Å². The second-order valence-electron chi connectivity index (χ2n) is 4.83. The van der Waals surface area contributed by atoms with Crippen LogP contribution in [-0.4, -0.2) is 43.0 Å². The largest absolute Gasteiger partial charge is 0.496 e. The lowest BCUT2D eigenvalue weighted by molar-refractivity contribution is -0.151. The smallest absolute Gasteiger partial charge is 0.303 e. The predicted molar refractivity (Wildman–Crippen MR) is 77.7 cm³/mol. The summed E-state index contributed by atoms with van der Waals surface area (Å²) in [5, 5.41) is 13.0. The van der Waals surface area contributed by atoms with Crippen LogP contribution in [0.5, 0.6) is 5.75 Å². The molecule has 110 valence electrons. The fourth-order valence-electron chi connectivity index (χ4n) is 2.40. The van der Waals surface area contributed by atoms with Crippen LogP contribution in [0.3, 0.4) is 0 Å². The number of aliphatic hydroxyl groups is 1. The van der Waals surface area contributed by atoms with Gasteiger partial charge in [0.15, 0.2) is 0 Å². The molecular formula is C14H18BrNO4. The summed E-state index contributed by atoms with van der Waals surface area (Å²) in [5.74, 6) is 0.392. The van der Waals surface area contributed by atoms with Crippen molar-refractivity contribution < 1.29 is 19.4 Å². The molecule has 0 aliphatic carbocycles. The minimum absolute atomic E-state index is 0.0887. The minimum atomic E-state index is -0.661. The highest BCUT2D eigenvalue weighted by Crippen LogP contribution is 2.27. The molecule has 0 radical (unpaired) electrons. The standard InChI is InChI=1S/C14H18BrNO4/c1-8(17)20-14-11(16-7-12(14)18)6-9-3-4-13(19-2)10(15)5-9/h3-5,11-12,14,16,18H,6-7H2,1-2H3/t11-,12+,14+/m1/s1. The number of halogens is 1. The van der Waals surface area contributed by atoms with E-state index in [1.165, 1.54) is 6.92 Å². The molecule has 1 aromatic rings. The molecule has 0 unspecified atom stereocenters. The molecule has 0 amide bonds. The summed E-state index contributed by atoms with van der Waals surface area (Å²) in [4.78, 5) is 11.1. The number of esters is 1. The number of carbonyl (C=O) groups excluding carboxylic acids is 1. The minimum Gasteiger partial charge on any atom is -0.496 e. The molecule has 1 aliphatic heterocycles. The van der Waals surface area contributed by atoms with Gasteiger partial charge in [-0.25, -0.2) is 0 Å². The number of nitrogens with one attached hydrogen (secondary N) is 1. The fourth-order valence-corrected chi connectivity index (χ4v) is 2.99. The Morgan fingerprint density at radius 2 is 2.30 bits per heavy atom. The Balaban J connectivity index is 2.08. The van der Waals surface area contributed by atoms with E-state index >= 15 is 0 Å². The highest BCUT2D eigenvalue weighted by atomic mass is 79.9. The Kier molecular flexibility index (Phi) is 5.01.